The van der Waals surface area contributed by atoms with E-state index in [0.29, 0.717) is 0 Å². The number of hydrogen-bond donors (Lipinski definition) is 0. The minimum absolute atomic E-state index is 0.951. The Balaban J connectivity index is 3.31. The second-order valence-corrected chi connectivity index (χ2v) is 13.1. The van der Waals surface area contributed by atoms with Crippen LogP contribution in [0.15, 0.2) is 0 Å². The standard InChI is InChI=1S/C36H74/c1-6-8-10-11-12-13-14-15-16-17-18-19-21-24-30-35(4)32-27-33-36(5)31-26-23-20-22-25-29-34(3)28-9-7-2/h34-36H,6-33H2,1-5H3. The Hall–Kier alpha value is 0. The van der Waals surface area contributed by atoms with Gasteiger partial charge in [-0.1, -0.05) is 214 Å². The van der Waals surface area contributed by atoms with E-state index in [2.05, 4.69) is 34.6 Å². The van der Waals surface area contributed by atoms with Gasteiger partial charge in [-0.2, -0.15) is 0 Å². The van der Waals surface area contributed by atoms with Gasteiger partial charge < -0.3 is 0 Å². The molecular formula is C36H74. The van der Waals surface area contributed by atoms with Crippen LogP contribution in [-0.2, 0) is 0 Å². The van der Waals surface area contributed by atoms with Crippen LogP contribution in [0.1, 0.15) is 214 Å². The highest BCUT2D eigenvalue weighted by atomic mass is 14.1. The number of unbranched alkanes of at least 4 members (excludes halogenated alkanes) is 18. The van der Waals surface area contributed by atoms with Crippen LogP contribution in [0.2, 0.25) is 0 Å². The van der Waals surface area contributed by atoms with Crippen LogP contribution in [0, 0.1) is 17.8 Å². The fraction of sp³-hybridized carbons (Fsp3) is 1.00. The maximum absolute atomic E-state index is 2.51. The van der Waals surface area contributed by atoms with Crippen molar-refractivity contribution in [2.45, 2.75) is 214 Å². The van der Waals surface area contributed by atoms with E-state index >= 15 is 0 Å². The van der Waals surface area contributed by atoms with E-state index in [9.17, 15) is 0 Å². The van der Waals surface area contributed by atoms with E-state index in [1.807, 2.05) is 0 Å². The van der Waals surface area contributed by atoms with Crippen molar-refractivity contribution in [3.8, 4) is 0 Å². The van der Waals surface area contributed by atoms with Gasteiger partial charge in [-0.3, -0.25) is 0 Å². The molecule has 0 aliphatic carbocycles. The van der Waals surface area contributed by atoms with Crippen molar-refractivity contribution in [1.29, 1.82) is 0 Å². The van der Waals surface area contributed by atoms with Gasteiger partial charge in [-0.15, -0.1) is 0 Å². The lowest BCUT2D eigenvalue weighted by atomic mass is 9.92. The van der Waals surface area contributed by atoms with Gasteiger partial charge in [0.15, 0.2) is 0 Å². The summed E-state index contributed by atoms with van der Waals surface area (Å²) < 4.78 is 0. The van der Waals surface area contributed by atoms with Crippen LogP contribution in [-0.4, -0.2) is 0 Å². The first kappa shape index (κ1) is 36.0. The van der Waals surface area contributed by atoms with Gasteiger partial charge in [0, 0.05) is 0 Å². The lowest BCUT2D eigenvalue weighted by molar-refractivity contribution is 0.389. The Morgan fingerprint density at radius 3 is 0.778 bits per heavy atom. The molecule has 36 heavy (non-hydrogen) atoms. The van der Waals surface area contributed by atoms with Crippen LogP contribution in [0.25, 0.3) is 0 Å². The lowest BCUT2D eigenvalue weighted by Gasteiger charge is -2.14. The topological polar surface area (TPSA) is 0 Å². The average Bonchev–Trinajstić information content (AvgIpc) is 2.87. The first-order chi connectivity index (χ1) is 17.6. The largest absolute Gasteiger partial charge is 0.0654 e. The molecule has 0 fully saturated rings. The van der Waals surface area contributed by atoms with Crippen molar-refractivity contribution in [3.05, 3.63) is 0 Å². The summed E-state index contributed by atoms with van der Waals surface area (Å²) >= 11 is 0. The van der Waals surface area contributed by atoms with Gasteiger partial charge in [-0.25, -0.2) is 0 Å². The second-order valence-electron chi connectivity index (χ2n) is 13.1. The van der Waals surface area contributed by atoms with Crippen molar-refractivity contribution in [2.24, 2.45) is 17.8 Å². The van der Waals surface area contributed by atoms with Crippen molar-refractivity contribution in [1.82, 2.24) is 0 Å². The third-order valence-electron chi connectivity index (χ3n) is 8.89. The predicted molar refractivity (Wildman–Crippen MR) is 168 cm³/mol. The average molecular weight is 507 g/mol. The van der Waals surface area contributed by atoms with Crippen LogP contribution in [0.3, 0.4) is 0 Å². The number of rotatable bonds is 30. The predicted octanol–water partition coefficient (Wildman–Crippen LogP) is 13.9. The molecule has 0 heteroatoms. The molecule has 0 nitrogen and oxygen atoms in total. The summed E-state index contributed by atoms with van der Waals surface area (Å²) in [5, 5.41) is 0. The van der Waals surface area contributed by atoms with E-state index in [-0.39, 0.29) is 0 Å². The van der Waals surface area contributed by atoms with Crippen LogP contribution in [0.5, 0.6) is 0 Å². The van der Waals surface area contributed by atoms with Crippen LogP contribution in [0.4, 0.5) is 0 Å². The fourth-order valence-corrected chi connectivity index (χ4v) is 6.00. The van der Waals surface area contributed by atoms with E-state index < -0.39 is 0 Å². The maximum atomic E-state index is 2.51. The number of hydrogen-bond acceptors (Lipinski definition) is 0. The molecule has 0 aliphatic rings. The zero-order valence-corrected chi connectivity index (χ0v) is 26.5. The van der Waals surface area contributed by atoms with E-state index in [1.165, 1.54) is 180 Å². The Labute approximate surface area is 232 Å². The molecule has 0 aromatic carbocycles. The van der Waals surface area contributed by atoms with Crippen molar-refractivity contribution in [2.75, 3.05) is 0 Å². The van der Waals surface area contributed by atoms with Gasteiger partial charge in [0.05, 0.1) is 0 Å². The molecular weight excluding hydrogens is 432 g/mol. The van der Waals surface area contributed by atoms with Crippen LogP contribution >= 0.6 is 0 Å². The molecule has 0 spiro atoms. The molecule has 0 bridgehead atoms. The maximum Gasteiger partial charge on any atom is -0.0443 e. The monoisotopic (exact) mass is 507 g/mol. The van der Waals surface area contributed by atoms with Crippen molar-refractivity contribution >= 4 is 0 Å². The van der Waals surface area contributed by atoms with Crippen LogP contribution < -0.4 is 0 Å². The Morgan fingerprint density at radius 2 is 0.472 bits per heavy atom. The molecule has 0 amide bonds. The van der Waals surface area contributed by atoms with Gasteiger partial charge >= 0.3 is 0 Å². The molecule has 0 aliphatic heterocycles. The summed E-state index contributed by atoms with van der Waals surface area (Å²) in [5.74, 6) is 2.86. The Bertz CT molecular complexity index is 385. The summed E-state index contributed by atoms with van der Waals surface area (Å²) in [6, 6.07) is 0. The first-order valence-corrected chi connectivity index (χ1v) is 17.6. The highest BCUT2D eigenvalue weighted by Gasteiger charge is 2.06. The zero-order valence-electron chi connectivity index (χ0n) is 26.5. The van der Waals surface area contributed by atoms with Gasteiger partial charge in [0.25, 0.3) is 0 Å². The Morgan fingerprint density at radius 1 is 0.250 bits per heavy atom. The SMILES string of the molecule is CCCCCCCCCCCCCCCCC(C)CCCC(C)CCCCCCCC(C)CCCC. The highest BCUT2D eigenvalue weighted by Crippen LogP contribution is 2.22. The third kappa shape index (κ3) is 28.6. The van der Waals surface area contributed by atoms with E-state index in [0.717, 1.165) is 17.8 Å². The molecule has 0 heterocycles. The highest BCUT2D eigenvalue weighted by molar-refractivity contribution is 4.60. The minimum Gasteiger partial charge on any atom is -0.0654 e. The van der Waals surface area contributed by atoms with Crippen molar-refractivity contribution in [3.63, 3.8) is 0 Å². The quantitative estimate of drug-likeness (QED) is 0.0849. The fourth-order valence-electron chi connectivity index (χ4n) is 6.00. The molecule has 3 atom stereocenters. The first-order valence-electron chi connectivity index (χ1n) is 17.6. The van der Waals surface area contributed by atoms with Gasteiger partial charge in [-0.05, 0) is 17.8 Å². The summed E-state index contributed by atoms with van der Waals surface area (Å²) in [5.41, 5.74) is 0. The normalized spacial score (nSPS) is 14.2. The molecule has 0 saturated heterocycles. The zero-order chi connectivity index (χ0) is 26.5. The smallest absolute Gasteiger partial charge is 0.0443 e. The molecule has 0 saturated carbocycles. The molecule has 0 radical (unpaired) electrons. The molecule has 218 valence electrons. The lowest BCUT2D eigenvalue weighted by Crippen LogP contribution is -1.99. The molecule has 0 rings (SSSR count). The molecule has 0 N–H and O–H groups in total. The third-order valence-corrected chi connectivity index (χ3v) is 8.89. The minimum atomic E-state index is 0.951. The molecule has 3 unspecified atom stereocenters. The Kier molecular flexibility index (Phi) is 29.6. The summed E-state index contributed by atoms with van der Waals surface area (Å²) in [7, 11) is 0. The summed E-state index contributed by atoms with van der Waals surface area (Å²) in [6.45, 7) is 12.1. The van der Waals surface area contributed by atoms with E-state index in [1.54, 1.807) is 0 Å². The van der Waals surface area contributed by atoms with Gasteiger partial charge in [0.1, 0.15) is 0 Å². The van der Waals surface area contributed by atoms with E-state index in [4.69, 9.17) is 0 Å². The summed E-state index contributed by atoms with van der Waals surface area (Å²) in [6.07, 6.45) is 41.0. The molecule has 0 aromatic heterocycles. The second kappa shape index (κ2) is 29.6. The molecule has 0 aromatic rings. The summed E-state index contributed by atoms with van der Waals surface area (Å²) in [4.78, 5) is 0. The van der Waals surface area contributed by atoms with Gasteiger partial charge in [0.2, 0.25) is 0 Å². The van der Waals surface area contributed by atoms with Crippen molar-refractivity contribution < 1.29 is 0 Å².